The minimum absolute atomic E-state index is 0.0304. The van der Waals surface area contributed by atoms with Crippen molar-refractivity contribution in [3.63, 3.8) is 0 Å². The largest absolute Gasteiger partial charge is 0.361 e. The highest BCUT2D eigenvalue weighted by Crippen LogP contribution is 2.19. The van der Waals surface area contributed by atoms with Crippen molar-refractivity contribution in [1.29, 1.82) is 0 Å². The minimum atomic E-state index is -0.301. The van der Waals surface area contributed by atoms with Gasteiger partial charge >= 0.3 is 0 Å². The van der Waals surface area contributed by atoms with E-state index in [0.717, 1.165) is 47.7 Å². The molecule has 0 fully saturated rings. The third-order valence-electron chi connectivity index (χ3n) is 6.46. The van der Waals surface area contributed by atoms with Crippen LogP contribution in [0.25, 0.3) is 10.9 Å². The molecule has 1 aromatic heterocycles. The zero-order chi connectivity index (χ0) is 25.2. The lowest BCUT2D eigenvalue weighted by atomic mass is 10.1. The zero-order valence-corrected chi connectivity index (χ0v) is 21.2. The number of carbonyl (C=O) groups excluding carboxylic acids is 2. The predicted molar refractivity (Wildman–Crippen MR) is 139 cm³/mol. The summed E-state index contributed by atoms with van der Waals surface area (Å²) in [5.74, 6) is -0.363. The smallest absolute Gasteiger partial charge is 0.242 e. The van der Waals surface area contributed by atoms with E-state index >= 15 is 0 Å². The van der Waals surface area contributed by atoms with Gasteiger partial charge in [0.15, 0.2) is 0 Å². The Bertz CT molecular complexity index is 1090. The summed E-state index contributed by atoms with van der Waals surface area (Å²) in [5.41, 5.74) is 3.07. The van der Waals surface area contributed by atoms with Gasteiger partial charge in [-0.2, -0.15) is 0 Å². The molecule has 0 aliphatic rings. The lowest BCUT2D eigenvalue weighted by Crippen LogP contribution is -2.46. The van der Waals surface area contributed by atoms with Crippen LogP contribution in [0.5, 0.6) is 0 Å². The van der Waals surface area contributed by atoms with Gasteiger partial charge in [0.1, 0.15) is 5.82 Å². The molecule has 0 atom stereocenters. The molecule has 2 aromatic carbocycles. The van der Waals surface area contributed by atoms with Gasteiger partial charge in [-0.25, -0.2) is 4.39 Å². The van der Waals surface area contributed by atoms with Gasteiger partial charge in [0.05, 0.1) is 6.54 Å². The second-order valence-corrected chi connectivity index (χ2v) is 9.48. The molecule has 35 heavy (non-hydrogen) atoms. The molecule has 0 bridgehead atoms. The van der Waals surface area contributed by atoms with Gasteiger partial charge in [0.25, 0.3) is 0 Å². The highest BCUT2D eigenvalue weighted by molar-refractivity contribution is 5.85. The average molecular weight is 480 g/mol. The number of halogens is 1. The quantitative estimate of drug-likeness (QED) is 0.302. The molecular formula is C29H38FN3O2. The molecule has 0 spiro atoms. The first-order valence-corrected chi connectivity index (χ1v) is 12.8. The van der Waals surface area contributed by atoms with E-state index in [-0.39, 0.29) is 30.2 Å². The van der Waals surface area contributed by atoms with E-state index in [2.05, 4.69) is 18.0 Å². The van der Waals surface area contributed by atoms with Crippen molar-refractivity contribution in [1.82, 2.24) is 14.8 Å². The van der Waals surface area contributed by atoms with E-state index in [1.54, 1.807) is 21.9 Å². The molecule has 0 aliphatic heterocycles. The number of H-pyrrole nitrogens is 1. The van der Waals surface area contributed by atoms with Crippen molar-refractivity contribution in [3.8, 4) is 0 Å². The lowest BCUT2D eigenvalue weighted by molar-refractivity contribution is -0.142. The van der Waals surface area contributed by atoms with E-state index in [1.807, 2.05) is 38.2 Å². The molecule has 0 unspecified atom stereocenters. The third-order valence-corrected chi connectivity index (χ3v) is 6.46. The summed E-state index contributed by atoms with van der Waals surface area (Å²) in [6.45, 7) is 6.99. The van der Waals surface area contributed by atoms with Crippen molar-refractivity contribution in [3.05, 3.63) is 71.7 Å². The normalized spacial score (nSPS) is 11.2. The molecule has 1 N–H and O–H groups in total. The number of para-hydroxylation sites is 1. The van der Waals surface area contributed by atoms with E-state index in [1.165, 1.54) is 12.1 Å². The Morgan fingerprint density at radius 3 is 2.43 bits per heavy atom. The molecule has 2 amide bonds. The fourth-order valence-corrected chi connectivity index (χ4v) is 4.35. The maximum Gasteiger partial charge on any atom is 0.242 e. The van der Waals surface area contributed by atoms with E-state index in [0.29, 0.717) is 25.9 Å². The number of aromatic amines is 1. The van der Waals surface area contributed by atoms with Gasteiger partial charge in [-0.05, 0) is 56.0 Å². The number of benzene rings is 2. The van der Waals surface area contributed by atoms with Gasteiger partial charge in [-0.1, -0.05) is 56.5 Å². The third kappa shape index (κ3) is 7.67. The molecule has 6 heteroatoms. The number of unbranched alkanes of at least 4 members (excludes halogenated alkanes) is 3. The van der Waals surface area contributed by atoms with Gasteiger partial charge < -0.3 is 14.8 Å². The number of carbonyl (C=O) groups is 2. The van der Waals surface area contributed by atoms with Crippen molar-refractivity contribution >= 4 is 22.7 Å². The number of rotatable bonds is 13. The van der Waals surface area contributed by atoms with Crippen molar-refractivity contribution in [2.24, 2.45) is 0 Å². The first kappa shape index (κ1) is 26.5. The Hall–Kier alpha value is -3.15. The Balaban J connectivity index is 1.72. The Morgan fingerprint density at radius 1 is 0.971 bits per heavy atom. The molecule has 1 heterocycles. The lowest BCUT2D eigenvalue weighted by Gasteiger charge is -2.30. The Kier molecular flexibility index (Phi) is 9.88. The molecule has 188 valence electrons. The fraction of sp³-hybridized carbons (Fsp3) is 0.448. The molecule has 3 rings (SSSR count). The van der Waals surface area contributed by atoms with Crippen LogP contribution in [0.4, 0.5) is 4.39 Å². The van der Waals surface area contributed by atoms with E-state index in [4.69, 9.17) is 0 Å². The summed E-state index contributed by atoms with van der Waals surface area (Å²) >= 11 is 0. The van der Waals surface area contributed by atoms with Crippen molar-refractivity contribution in [2.45, 2.75) is 71.9 Å². The fourth-order valence-electron chi connectivity index (χ4n) is 4.35. The van der Waals surface area contributed by atoms with Crippen LogP contribution >= 0.6 is 0 Å². The summed E-state index contributed by atoms with van der Waals surface area (Å²) in [7, 11) is 0. The van der Waals surface area contributed by atoms with E-state index in [9.17, 15) is 14.0 Å². The van der Waals surface area contributed by atoms with Crippen LogP contribution < -0.4 is 0 Å². The van der Waals surface area contributed by atoms with Gasteiger partial charge in [-0.15, -0.1) is 0 Å². The highest BCUT2D eigenvalue weighted by Gasteiger charge is 2.23. The number of hydrogen-bond donors (Lipinski definition) is 1. The van der Waals surface area contributed by atoms with Crippen LogP contribution in [-0.2, 0) is 22.6 Å². The number of nitrogens with one attached hydrogen (secondary N) is 1. The maximum atomic E-state index is 13.5. The first-order chi connectivity index (χ1) is 16.9. The Labute approximate surface area is 208 Å². The topological polar surface area (TPSA) is 56.4 Å². The number of hydrogen-bond acceptors (Lipinski definition) is 2. The van der Waals surface area contributed by atoms with E-state index < -0.39 is 0 Å². The first-order valence-electron chi connectivity index (χ1n) is 12.8. The number of nitrogens with zero attached hydrogens (tertiary/aromatic N) is 2. The monoisotopic (exact) mass is 479 g/mol. The molecule has 3 aromatic rings. The van der Waals surface area contributed by atoms with Crippen molar-refractivity contribution < 1.29 is 14.0 Å². The summed E-state index contributed by atoms with van der Waals surface area (Å²) in [5, 5.41) is 1.15. The van der Waals surface area contributed by atoms with Gasteiger partial charge in [0, 0.05) is 42.7 Å². The highest BCUT2D eigenvalue weighted by atomic mass is 19.1. The van der Waals surface area contributed by atoms with Crippen LogP contribution in [0.15, 0.2) is 54.7 Å². The maximum absolute atomic E-state index is 13.5. The molecule has 0 saturated carbocycles. The van der Waals surface area contributed by atoms with Crippen LogP contribution in [0.1, 0.15) is 64.0 Å². The molecule has 0 saturated heterocycles. The zero-order valence-electron chi connectivity index (χ0n) is 21.2. The van der Waals surface area contributed by atoms with Crippen LogP contribution in [0, 0.1) is 5.82 Å². The second kappa shape index (κ2) is 13.1. The molecule has 5 nitrogen and oxygen atoms in total. The van der Waals surface area contributed by atoms with Gasteiger partial charge in [-0.3, -0.25) is 9.59 Å². The standard InChI is InChI=1S/C29H38FN3O2/c1-4-5-6-7-12-28(34)33(22(2)3)21-29(35)32(20-23-13-15-25(30)16-14-23)18-17-24-19-31-27-11-9-8-10-26(24)27/h8-11,13-16,19,22,31H,4-7,12,17-18,20-21H2,1-3H3. The second-order valence-electron chi connectivity index (χ2n) is 9.48. The minimum Gasteiger partial charge on any atom is -0.361 e. The average Bonchev–Trinajstić information content (AvgIpc) is 3.26. The number of fused-ring (bicyclic) bond motifs is 1. The van der Waals surface area contributed by atoms with Crippen LogP contribution in [0.3, 0.4) is 0 Å². The number of amides is 2. The van der Waals surface area contributed by atoms with Gasteiger partial charge in [0.2, 0.25) is 11.8 Å². The molecule has 0 aliphatic carbocycles. The number of aromatic nitrogens is 1. The predicted octanol–water partition coefficient (Wildman–Crippen LogP) is 6.09. The summed E-state index contributed by atoms with van der Waals surface area (Å²) in [6, 6.07) is 14.3. The summed E-state index contributed by atoms with van der Waals surface area (Å²) in [4.78, 5) is 33.2. The SMILES string of the molecule is CCCCCCC(=O)N(CC(=O)N(CCc1c[nH]c2ccccc12)Cc1ccc(F)cc1)C(C)C. The summed E-state index contributed by atoms with van der Waals surface area (Å²) < 4.78 is 13.4. The Morgan fingerprint density at radius 2 is 1.71 bits per heavy atom. The summed E-state index contributed by atoms with van der Waals surface area (Å²) in [6.07, 6.45) is 7.27. The van der Waals surface area contributed by atoms with Crippen LogP contribution in [0.2, 0.25) is 0 Å². The molecule has 0 radical (unpaired) electrons. The molecular weight excluding hydrogens is 441 g/mol. The van der Waals surface area contributed by atoms with Crippen LogP contribution in [-0.4, -0.2) is 45.7 Å². The van der Waals surface area contributed by atoms with Crippen molar-refractivity contribution in [2.75, 3.05) is 13.1 Å².